The van der Waals surface area contributed by atoms with Gasteiger partial charge < -0.3 is 5.32 Å². The molecule has 2 amide bonds. The molecule has 1 aliphatic heterocycles. The van der Waals surface area contributed by atoms with Crippen molar-refractivity contribution in [2.75, 3.05) is 10.3 Å². The lowest BCUT2D eigenvalue weighted by molar-refractivity contribution is -0.118. The van der Waals surface area contributed by atoms with Crippen LogP contribution >= 0.6 is 0 Å². The van der Waals surface area contributed by atoms with Crippen LogP contribution in [-0.4, -0.2) is 27.3 Å². The Morgan fingerprint density at radius 3 is 2.73 bits per heavy atom. The third kappa shape index (κ3) is 4.15. The minimum Gasteiger partial charge on any atom is -0.321 e. The van der Waals surface area contributed by atoms with Gasteiger partial charge in [-0.25, -0.2) is 5.01 Å². The Morgan fingerprint density at radius 1 is 1.10 bits per heavy atom. The topological polar surface area (TPSA) is 79.6 Å². The van der Waals surface area contributed by atoms with Gasteiger partial charge in [0.25, 0.3) is 5.91 Å². The van der Waals surface area contributed by atoms with Crippen LogP contribution in [0.4, 0.5) is 11.4 Å². The van der Waals surface area contributed by atoms with Crippen LogP contribution in [0.2, 0.25) is 0 Å². The largest absolute Gasteiger partial charge is 0.321 e. The lowest BCUT2D eigenvalue weighted by Crippen LogP contribution is -2.36. The molecule has 7 nitrogen and oxygen atoms in total. The van der Waals surface area contributed by atoms with Gasteiger partial charge in [0.05, 0.1) is 12.2 Å². The molecule has 0 saturated carbocycles. The summed E-state index contributed by atoms with van der Waals surface area (Å²) in [6.45, 7) is 4.44. The van der Waals surface area contributed by atoms with E-state index in [1.807, 2.05) is 68.6 Å². The van der Waals surface area contributed by atoms with Crippen molar-refractivity contribution in [1.82, 2.24) is 9.78 Å². The molecule has 1 aliphatic rings. The van der Waals surface area contributed by atoms with E-state index >= 15 is 0 Å². The molecular formula is C23H23N5O2. The van der Waals surface area contributed by atoms with Gasteiger partial charge in [0.1, 0.15) is 5.71 Å². The number of aryl methyl sites for hydroxylation is 2. The van der Waals surface area contributed by atoms with E-state index in [-0.39, 0.29) is 18.2 Å². The van der Waals surface area contributed by atoms with Crippen molar-refractivity contribution >= 4 is 28.9 Å². The molecule has 1 aromatic heterocycles. The summed E-state index contributed by atoms with van der Waals surface area (Å²) in [7, 11) is 0. The summed E-state index contributed by atoms with van der Waals surface area (Å²) in [6.07, 6.45) is 4.15. The zero-order chi connectivity index (χ0) is 21.1. The van der Waals surface area contributed by atoms with Gasteiger partial charge in [0.2, 0.25) is 5.91 Å². The van der Waals surface area contributed by atoms with Gasteiger partial charge in [0, 0.05) is 30.9 Å². The molecule has 0 unspecified atom stereocenters. The maximum atomic E-state index is 13.0. The van der Waals surface area contributed by atoms with Crippen LogP contribution < -0.4 is 10.3 Å². The number of anilines is 2. The number of carbonyl (C=O) groups is 2. The molecule has 0 spiro atoms. The molecule has 3 aromatic rings. The van der Waals surface area contributed by atoms with Crippen molar-refractivity contribution in [2.24, 2.45) is 5.10 Å². The summed E-state index contributed by atoms with van der Waals surface area (Å²) >= 11 is 0. The average Bonchev–Trinajstić information content (AvgIpc) is 3.25. The monoisotopic (exact) mass is 401 g/mol. The van der Waals surface area contributed by atoms with Crippen molar-refractivity contribution in [3.8, 4) is 0 Å². The fourth-order valence-electron chi connectivity index (χ4n) is 3.40. The number of nitrogens with one attached hydrogen (secondary N) is 1. The van der Waals surface area contributed by atoms with Crippen molar-refractivity contribution in [3.63, 3.8) is 0 Å². The van der Waals surface area contributed by atoms with E-state index in [2.05, 4.69) is 15.5 Å². The zero-order valence-electron chi connectivity index (χ0n) is 17.0. The Labute approximate surface area is 175 Å². The number of carbonyl (C=O) groups excluding carboxylic acids is 2. The molecule has 2 aromatic carbocycles. The number of rotatable bonds is 5. The van der Waals surface area contributed by atoms with Crippen LogP contribution in [0.5, 0.6) is 0 Å². The maximum absolute atomic E-state index is 13.0. The molecule has 0 aliphatic carbocycles. The highest BCUT2D eigenvalue weighted by Gasteiger charge is 2.27. The van der Waals surface area contributed by atoms with E-state index in [1.165, 1.54) is 5.01 Å². The Kier molecular flexibility index (Phi) is 5.43. The number of aromatic nitrogens is 2. The van der Waals surface area contributed by atoms with E-state index in [0.717, 1.165) is 16.7 Å². The van der Waals surface area contributed by atoms with Gasteiger partial charge in [-0.2, -0.15) is 10.2 Å². The second-order valence-electron chi connectivity index (χ2n) is 7.36. The Bertz CT molecular complexity index is 1120. The first-order valence-electron chi connectivity index (χ1n) is 9.85. The van der Waals surface area contributed by atoms with Gasteiger partial charge in [0.15, 0.2) is 0 Å². The number of hydrogen-bond donors (Lipinski definition) is 1. The third-order valence-corrected chi connectivity index (χ3v) is 5.04. The molecular weight excluding hydrogens is 378 g/mol. The summed E-state index contributed by atoms with van der Waals surface area (Å²) in [4.78, 5) is 25.4. The predicted molar refractivity (Wildman–Crippen MR) is 116 cm³/mol. The predicted octanol–water partition coefficient (Wildman–Crippen LogP) is 3.67. The van der Waals surface area contributed by atoms with Crippen LogP contribution in [0.25, 0.3) is 0 Å². The third-order valence-electron chi connectivity index (χ3n) is 5.04. The summed E-state index contributed by atoms with van der Waals surface area (Å²) in [5.41, 5.74) is 4.66. The Balaban J connectivity index is 1.58. The normalized spacial score (nSPS) is 13.9. The van der Waals surface area contributed by atoms with E-state index < -0.39 is 0 Å². The number of benzene rings is 2. The van der Waals surface area contributed by atoms with Gasteiger partial charge in [-0.3, -0.25) is 14.3 Å². The van der Waals surface area contributed by atoms with Crippen LogP contribution in [-0.2, 0) is 16.1 Å². The average molecular weight is 401 g/mol. The molecule has 30 heavy (non-hydrogen) atoms. The minimum absolute atomic E-state index is 0.112. The minimum atomic E-state index is -0.300. The first kappa shape index (κ1) is 19.6. The first-order chi connectivity index (χ1) is 14.5. The lowest BCUT2D eigenvalue weighted by atomic mass is 10.1. The lowest BCUT2D eigenvalue weighted by Gasteiger charge is -2.25. The standard InChI is InChI=1S/C23H23N5O2/c1-16-8-9-17(2)21(14-16)28-22(29)11-10-20(26-28)23(30)25-19-7-4-3-6-18(19)15-27-13-5-12-24-27/h3-9,12-14H,10-11,15H2,1-2H3,(H,25,30). The molecule has 0 bridgehead atoms. The molecule has 4 rings (SSSR count). The van der Waals surface area contributed by atoms with E-state index in [4.69, 9.17) is 0 Å². The number of nitrogens with zero attached hydrogens (tertiary/aromatic N) is 4. The SMILES string of the molecule is Cc1ccc(C)c(N2N=C(C(=O)Nc3ccccc3Cn3cccn3)CCC2=O)c1. The number of para-hydroxylation sites is 1. The highest BCUT2D eigenvalue weighted by molar-refractivity contribution is 6.44. The van der Waals surface area contributed by atoms with Crippen molar-refractivity contribution in [2.45, 2.75) is 33.2 Å². The van der Waals surface area contributed by atoms with Gasteiger partial charge in [-0.05, 0) is 48.7 Å². The van der Waals surface area contributed by atoms with Crippen LogP contribution in [0.15, 0.2) is 66.0 Å². The summed E-state index contributed by atoms with van der Waals surface area (Å²) in [6, 6.07) is 15.3. The fourth-order valence-corrected chi connectivity index (χ4v) is 3.40. The van der Waals surface area contributed by atoms with Crippen molar-refractivity contribution in [1.29, 1.82) is 0 Å². The van der Waals surface area contributed by atoms with Crippen molar-refractivity contribution in [3.05, 3.63) is 77.6 Å². The van der Waals surface area contributed by atoms with Gasteiger partial charge in [-0.1, -0.05) is 30.3 Å². The summed E-state index contributed by atoms with van der Waals surface area (Å²) in [5.74, 6) is -0.412. The fraction of sp³-hybridized carbons (Fsp3) is 0.217. The molecule has 2 heterocycles. The maximum Gasteiger partial charge on any atom is 0.271 e. The second kappa shape index (κ2) is 8.32. The smallest absolute Gasteiger partial charge is 0.271 e. The molecule has 152 valence electrons. The Morgan fingerprint density at radius 2 is 1.93 bits per heavy atom. The van der Waals surface area contributed by atoms with E-state index in [0.29, 0.717) is 30.1 Å². The highest BCUT2D eigenvalue weighted by atomic mass is 16.2. The number of amides is 2. The van der Waals surface area contributed by atoms with Gasteiger partial charge in [-0.15, -0.1) is 0 Å². The first-order valence-corrected chi connectivity index (χ1v) is 9.85. The molecule has 7 heteroatoms. The molecule has 0 saturated heterocycles. The number of hydrazone groups is 1. The van der Waals surface area contributed by atoms with E-state index in [9.17, 15) is 9.59 Å². The van der Waals surface area contributed by atoms with Crippen molar-refractivity contribution < 1.29 is 9.59 Å². The number of hydrogen-bond acceptors (Lipinski definition) is 4. The molecule has 0 radical (unpaired) electrons. The molecule has 1 N–H and O–H groups in total. The quantitative estimate of drug-likeness (QED) is 0.708. The van der Waals surface area contributed by atoms with Crippen LogP contribution in [0, 0.1) is 13.8 Å². The van der Waals surface area contributed by atoms with E-state index in [1.54, 1.807) is 10.9 Å². The van der Waals surface area contributed by atoms with Crippen LogP contribution in [0.1, 0.15) is 29.5 Å². The summed E-state index contributed by atoms with van der Waals surface area (Å²) in [5, 5.41) is 12.9. The zero-order valence-corrected chi connectivity index (χ0v) is 17.0. The Hall–Kier alpha value is -3.74. The second-order valence-corrected chi connectivity index (χ2v) is 7.36. The molecule has 0 atom stereocenters. The highest BCUT2D eigenvalue weighted by Crippen LogP contribution is 2.26. The van der Waals surface area contributed by atoms with Crippen LogP contribution in [0.3, 0.4) is 0 Å². The summed E-state index contributed by atoms with van der Waals surface area (Å²) < 4.78 is 1.80. The van der Waals surface area contributed by atoms with Gasteiger partial charge >= 0.3 is 0 Å². The molecule has 0 fully saturated rings.